The van der Waals surface area contributed by atoms with Gasteiger partial charge in [-0.25, -0.2) is 13.8 Å². The van der Waals surface area contributed by atoms with Gasteiger partial charge < -0.3 is 25.0 Å². The van der Waals surface area contributed by atoms with E-state index in [-0.39, 0.29) is 29.8 Å². The third-order valence-corrected chi connectivity index (χ3v) is 7.93. The molecule has 2 N–H and O–H groups in total. The zero-order valence-electron chi connectivity index (χ0n) is 22.9. The molecule has 2 aromatic carbocycles. The molecular weight excluding hydrogens is 561 g/mol. The van der Waals surface area contributed by atoms with E-state index in [9.17, 15) is 31.9 Å². The molecule has 42 heavy (non-hydrogen) atoms. The summed E-state index contributed by atoms with van der Waals surface area (Å²) in [5, 5.41) is 12.5. The minimum Gasteiger partial charge on any atom is -0.488 e. The van der Waals surface area contributed by atoms with Gasteiger partial charge in [0.2, 0.25) is 5.95 Å². The first-order valence-electron chi connectivity index (χ1n) is 13.5. The first kappa shape index (κ1) is 28.1. The van der Waals surface area contributed by atoms with Crippen molar-refractivity contribution < 1.29 is 36.6 Å². The number of likely N-dealkylation sites (N-methyl/N-ethyl adjacent to an activating group) is 1. The first-order chi connectivity index (χ1) is 19.8. The Morgan fingerprint density at radius 2 is 1.90 bits per heavy atom. The molecule has 6 rings (SSSR count). The van der Waals surface area contributed by atoms with Crippen LogP contribution < -0.4 is 15.0 Å². The topological polar surface area (TPSA) is 90.8 Å². The number of aliphatic carboxylic acids is 1. The summed E-state index contributed by atoms with van der Waals surface area (Å²) in [6.07, 6.45) is -2.09. The van der Waals surface area contributed by atoms with E-state index in [1.807, 2.05) is 19.2 Å². The number of ether oxygens (including phenoxy) is 1. The summed E-state index contributed by atoms with van der Waals surface area (Å²) in [5.41, 5.74) is 0.108. The predicted octanol–water partition coefficient (Wildman–Crippen LogP) is 5.93. The van der Waals surface area contributed by atoms with E-state index >= 15 is 0 Å². The third kappa shape index (κ3) is 5.33. The zero-order valence-corrected chi connectivity index (χ0v) is 22.9. The van der Waals surface area contributed by atoms with Gasteiger partial charge in [-0.15, -0.1) is 0 Å². The molecule has 1 aliphatic carbocycles. The largest absolute Gasteiger partial charge is 0.488 e. The number of alkyl halides is 3. The van der Waals surface area contributed by atoms with Crippen molar-refractivity contribution in [2.24, 2.45) is 0 Å². The Morgan fingerprint density at radius 1 is 1.17 bits per heavy atom. The quantitative estimate of drug-likeness (QED) is 0.328. The molecule has 13 heteroatoms. The number of carboxylic acid groups (broad SMARTS) is 1. The molecule has 2 aliphatic heterocycles. The molecule has 0 spiro atoms. The Balaban J connectivity index is 1.44. The van der Waals surface area contributed by atoms with Crippen molar-refractivity contribution in [3.8, 4) is 5.75 Å². The van der Waals surface area contributed by atoms with Gasteiger partial charge in [0.05, 0.1) is 18.2 Å². The van der Waals surface area contributed by atoms with Crippen LogP contribution in [0.25, 0.3) is 0 Å². The van der Waals surface area contributed by atoms with Crippen LogP contribution in [-0.2, 0) is 29.4 Å². The van der Waals surface area contributed by atoms with Crippen LogP contribution >= 0.6 is 0 Å². The van der Waals surface area contributed by atoms with E-state index in [1.165, 1.54) is 6.92 Å². The van der Waals surface area contributed by atoms with E-state index in [4.69, 9.17) is 4.74 Å². The number of nitrogens with one attached hydrogen (secondary N) is 1. The van der Waals surface area contributed by atoms with Crippen molar-refractivity contribution in [3.63, 3.8) is 0 Å². The molecule has 3 aliphatic rings. The normalized spacial score (nSPS) is 20.3. The van der Waals surface area contributed by atoms with Crippen molar-refractivity contribution in [2.75, 3.05) is 30.4 Å². The van der Waals surface area contributed by atoms with Crippen LogP contribution in [0.2, 0.25) is 0 Å². The SMILES string of the molecule is CN1CCc2cc(OC3CC3)c(Nc3ncc(C(F)(F)F)c(N4CC(C)(CC(=O)O)c5cc(F)c(F)cc54)n3)cc2C1. The monoisotopic (exact) mass is 589 g/mol. The summed E-state index contributed by atoms with van der Waals surface area (Å²) >= 11 is 0. The molecule has 1 unspecified atom stereocenters. The molecule has 0 amide bonds. The van der Waals surface area contributed by atoms with Crippen LogP contribution in [0.3, 0.4) is 0 Å². The highest BCUT2D eigenvalue weighted by molar-refractivity contribution is 5.78. The van der Waals surface area contributed by atoms with Gasteiger partial charge in [0.25, 0.3) is 0 Å². The zero-order chi connectivity index (χ0) is 30.0. The van der Waals surface area contributed by atoms with E-state index in [0.717, 1.165) is 54.0 Å². The lowest BCUT2D eigenvalue weighted by Crippen LogP contribution is -2.32. The van der Waals surface area contributed by atoms with E-state index in [2.05, 4.69) is 20.2 Å². The average molecular weight is 590 g/mol. The van der Waals surface area contributed by atoms with Gasteiger partial charge in [0.1, 0.15) is 11.3 Å². The van der Waals surface area contributed by atoms with E-state index in [0.29, 0.717) is 24.2 Å². The van der Waals surface area contributed by atoms with Crippen LogP contribution in [0.15, 0.2) is 30.5 Å². The summed E-state index contributed by atoms with van der Waals surface area (Å²) in [6, 6.07) is 5.44. The number of hydrogen-bond donors (Lipinski definition) is 2. The number of rotatable bonds is 7. The average Bonchev–Trinajstić information content (AvgIpc) is 3.67. The number of benzene rings is 2. The van der Waals surface area contributed by atoms with Gasteiger partial charge in [-0.05, 0) is 61.2 Å². The molecule has 3 aromatic rings. The lowest BCUT2D eigenvalue weighted by molar-refractivity contribution is -0.139. The van der Waals surface area contributed by atoms with Crippen molar-refractivity contribution in [1.82, 2.24) is 14.9 Å². The second-order valence-corrected chi connectivity index (χ2v) is 11.5. The van der Waals surface area contributed by atoms with Crippen LogP contribution in [0.5, 0.6) is 5.75 Å². The minimum absolute atomic E-state index is 0.0576. The molecular formula is C29H28F5N5O3. The molecule has 0 saturated heterocycles. The standard InChI is InChI=1S/C29H28F5N5O3/c1-28(11-25(40)41)14-39(23-10-21(31)20(30)9-18(23)28)26-19(29(32,33)34)12-35-27(37-26)36-22-7-16-13-38(2)6-5-15(16)8-24(22)42-17-3-4-17/h7-10,12,17H,3-6,11,13-14H2,1-2H3,(H,40,41)(H,35,36,37). The predicted molar refractivity (Wildman–Crippen MR) is 143 cm³/mol. The van der Waals surface area contributed by atoms with Gasteiger partial charge in [-0.3, -0.25) is 4.79 Å². The molecule has 222 valence electrons. The van der Waals surface area contributed by atoms with Gasteiger partial charge >= 0.3 is 12.1 Å². The minimum atomic E-state index is -4.89. The van der Waals surface area contributed by atoms with E-state index in [1.54, 1.807) is 0 Å². The summed E-state index contributed by atoms with van der Waals surface area (Å²) in [4.78, 5) is 23.1. The summed E-state index contributed by atoms with van der Waals surface area (Å²) in [6.45, 7) is 2.74. The number of carbonyl (C=O) groups is 1. The van der Waals surface area contributed by atoms with Crippen molar-refractivity contribution >= 4 is 29.1 Å². The Hall–Kier alpha value is -4.00. The van der Waals surface area contributed by atoms with Gasteiger partial charge in [-0.1, -0.05) is 6.92 Å². The third-order valence-electron chi connectivity index (χ3n) is 7.93. The van der Waals surface area contributed by atoms with Crippen LogP contribution in [-0.4, -0.2) is 52.2 Å². The molecule has 1 atom stereocenters. The van der Waals surface area contributed by atoms with Crippen LogP contribution in [0.4, 0.5) is 45.1 Å². The highest BCUT2D eigenvalue weighted by Crippen LogP contribution is 2.49. The highest BCUT2D eigenvalue weighted by atomic mass is 19.4. The molecule has 3 heterocycles. The number of carboxylic acids is 1. The van der Waals surface area contributed by atoms with Crippen LogP contribution in [0, 0.1) is 11.6 Å². The highest BCUT2D eigenvalue weighted by Gasteiger charge is 2.46. The number of halogens is 5. The summed E-state index contributed by atoms with van der Waals surface area (Å²) in [5.74, 6) is -3.97. The Labute approximate surface area is 238 Å². The van der Waals surface area contributed by atoms with Crippen molar-refractivity contribution in [1.29, 1.82) is 0 Å². The molecule has 0 radical (unpaired) electrons. The maximum Gasteiger partial charge on any atom is 0.421 e. The maximum atomic E-state index is 14.4. The fraction of sp³-hybridized carbons (Fsp3) is 0.414. The Bertz CT molecular complexity index is 1580. The molecule has 0 bridgehead atoms. The number of fused-ring (bicyclic) bond motifs is 2. The summed E-state index contributed by atoms with van der Waals surface area (Å²) in [7, 11) is 2.00. The smallest absolute Gasteiger partial charge is 0.421 e. The lowest BCUT2D eigenvalue weighted by atomic mass is 9.81. The summed E-state index contributed by atoms with van der Waals surface area (Å²) < 4.78 is 77.5. The second kappa shape index (κ2) is 10.1. The van der Waals surface area contributed by atoms with Crippen LogP contribution in [0.1, 0.15) is 48.4 Å². The molecule has 1 aromatic heterocycles. The number of anilines is 4. The Morgan fingerprint density at radius 3 is 2.60 bits per heavy atom. The van der Waals surface area contributed by atoms with Gasteiger partial charge in [0, 0.05) is 43.0 Å². The second-order valence-electron chi connectivity index (χ2n) is 11.5. The Kier molecular flexibility index (Phi) is 6.75. The van der Waals surface area contributed by atoms with E-state index < -0.39 is 47.0 Å². The molecule has 1 saturated carbocycles. The fourth-order valence-electron chi connectivity index (χ4n) is 5.68. The number of aromatic nitrogens is 2. The van der Waals surface area contributed by atoms with Crippen molar-refractivity contribution in [3.05, 3.63) is 64.4 Å². The van der Waals surface area contributed by atoms with Crippen molar-refractivity contribution in [2.45, 2.75) is 56.8 Å². The lowest BCUT2D eigenvalue weighted by Gasteiger charge is -2.27. The first-order valence-corrected chi connectivity index (χ1v) is 13.5. The maximum absolute atomic E-state index is 14.4. The number of hydrogen-bond acceptors (Lipinski definition) is 7. The molecule has 8 nitrogen and oxygen atoms in total. The molecule has 1 fully saturated rings. The fourth-order valence-corrected chi connectivity index (χ4v) is 5.68. The number of nitrogens with zero attached hydrogens (tertiary/aromatic N) is 4. The van der Waals surface area contributed by atoms with Gasteiger partial charge in [0.15, 0.2) is 17.5 Å². The van der Waals surface area contributed by atoms with Gasteiger partial charge in [-0.2, -0.15) is 18.2 Å².